The highest BCUT2D eigenvalue weighted by Crippen LogP contribution is 2.44. The molecule has 112 valence electrons. The quantitative estimate of drug-likeness (QED) is 0.717. The predicted molar refractivity (Wildman–Crippen MR) is 71.1 cm³/mol. The van der Waals surface area contributed by atoms with Crippen molar-refractivity contribution in [1.82, 2.24) is 10.2 Å². The van der Waals surface area contributed by atoms with E-state index in [1.54, 1.807) is 4.90 Å². The number of fused-ring (bicyclic) bond motifs is 1. The van der Waals surface area contributed by atoms with E-state index >= 15 is 0 Å². The van der Waals surface area contributed by atoms with Crippen LogP contribution < -0.4 is 5.32 Å². The summed E-state index contributed by atoms with van der Waals surface area (Å²) in [6.07, 6.45) is 1.10. The Balaban J connectivity index is 1.76. The molecule has 6 nitrogen and oxygen atoms in total. The first kappa shape index (κ1) is 13.7. The molecule has 3 aliphatic heterocycles. The molecule has 1 spiro atoms. The molecule has 1 N–H and O–H groups in total. The average molecular weight is 282 g/mol. The summed E-state index contributed by atoms with van der Waals surface area (Å²) in [5.74, 6) is -0.0709. The number of ether oxygens (including phenoxy) is 2. The Bertz CT molecular complexity index is 445. The van der Waals surface area contributed by atoms with Crippen molar-refractivity contribution in [2.45, 2.75) is 50.9 Å². The number of amides is 2. The molecule has 3 aliphatic rings. The topological polar surface area (TPSA) is 67.9 Å². The number of piperidine rings is 1. The zero-order chi connectivity index (χ0) is 14.5. The minimum Gasteiger partial charge on any atom is -0.444 e. The summed E-state index contributed by atoms with van der Waals surface area (Å²) in [7, 11) is 0. The van der Waals surface area contributed by atoms with Crippen LogP contribution in [0.25, 0.3) is 0 Å². The summed E-state index contributed by atoms with van der Waals surface area (Å²) in [5.41, 5.74) is -1.00. The molecule has 2 bridgehead atoms. The Morgan fingerprint density at radius 1 is 1.50 bits per heavy atom. The van der Waals surface area contributed by atoms with Gasteiger partial charge in [0.2, 0.25) is 5.91 Å². The third-order valence-electron chi connectivity index (χ3n) is 4.23. The first-order valence-corrected chi connectivity index (χ1v) is 7.23. The fourth-order valence-electron chi connectivity index (χ4n) is 3.48. The Labute approximate surface area is 118 Å². The van der Waals surface area contributed by atoms with Crippen molar-refractivity contribution in [3.8, 4) is 0 Å². The molecule has 3 atom stereocenters. The minimum absolute atomic E-state index is 0.0508. The van der Waals surface area contributed by atoms with E-state index in [4.69, 9.17) is 9.47 Å². The van der Waals surface area contributed by atoms with Crippen LogP contribution in [0.15, 0.2) is 0 Å². The van der Waals surface area contributed by atoms with Gasteiger partial charge in [-0.3, -0.25) is 4.79 Å². The molecule has 3 unspecified atom stereocenters. The van der Waals surface area contributed by atoms with E-state index in [0.717, 1.165) is 6.42 Å². The van der Waals surface area contributed by atoms with Gasteiger partial charge in [-0.05, 0) is 33.6 Å². The number of hydrogen-bond acceptors (Lipinski definition) is 4. The van der Waals surface area contributed by atoms with Gasteiger partial charge >= 0.3 is 6.09 Å². The first-order chi connectivity index (χ1) is 9.29. The van der Waals surface area contributed by atoms with Crippen molar-refractivity contribution in [3.05, 3.63) is 0 Å². The van der Waals surface area contributed by atoms with E-state index < -0.39 is 11.2 Å². The zero-order valence-electron chi connectivity index (χ0n) is 12.3. The largest absolute Gasteiger partial charge is 0.444 e. The normalized spacial score (nSPS) is 36.4. The van der Waals surface area contributed by atoms with Gasteiger partial charge in [-0.15, -0.1) is 0 Å². The average Bonchev–Trinajstić information content (AvgIpc) is 2.58. The molecule has 0 aromatic rings. The smallest absolute Gasteiger partial charge is 0.410 e. The lowest BCUT2D eigenvalue weighted by molar-refractivity contribution is -0.151. The molecule has 0 aromatic carbocycles. The molecule has 0 aromatic heterocycles. The van der Waals surface area contributed by atoms with E-state index in [9.17, 15) is 9.59 Å². The lowest BCUT2D eigenvalue weighted by Gasteiger charge is -2.44. The van der Waals surface area contributed by atoms with Crippen LogP contribution in [-0.2, 0) is 14.3 Å². The van der Waals surface area contributed by atoms with Gasteiger partial charge in [0.1, 0.15) is 5.60 Å². The maximum Gasteiger partial charge on any atom is 0.410 e. The second-order valence-corrected chi connectivity index (χ2v) is 6.99. The van der Waals surface area contributed by atoms with Gasteiger partial charge in [-0.1, -0.05) is 0 Å². The number of hydrogen-bond donors (Lipinski definition) is 1. The molecule has 3 rings (SSSR count). The van der Waals surface area contributed by atoms with Crippen molar-refractivity contribution in [1.29, 1.82) is 0 Å². The van der Waals surface area contributed by atoms with Crippen LogP contribution in [0, 0.1) is 5.92 Å². The van der Waals surface area contributed by atoms with Crippen LogP contribution in [0.5, 0.6) is 0 Å². The Morgan fingerprint density at radius 3 is 2.95 bits per heavy atom. The number of rotatable bonds is 0. The molecular weight excluding hydrogens is 260 g/mol. The summed E-state index contributed by atoms with van der Waals surface area (Å²) < 4.78 is 11.5. The molecule has 6 heteroatoms. The summed E-state index contributed by atoms with van der Waals surface area (Å²) in [4.78, 5) is 25.9. The number of carbonyl (C=O) groups excluding carboxylic acids is 2. The molecule has 0 aliphatic carbocycles. The molecule has 2 amide bonds. The second kappa shape index (κ2) is 4.35. The monoisotopic (exact) mass is 282 g/mol. The molecule has 3 saturated heterocycles. The van der Waals surface area contributed by atoms with Gasteiger partial charge in [0.25, 0.3) is 0 Å². The van der Waals surface area contributed by atoms with Crippen molar-refractivity contribution in [2.75, 3.05) is 19.6 Å². The van der Waals surface area contributed by atoms with Crippen LogP contribution in [-0.4, -0.2) is 53.8 Å². The molecule has 3 fully saturated rings. The Kier molecular flexibility index (Phi) is 2.97. The maximum atomic E-state index is 12.2. The van der Waals surface area contributed by atoms with Crippen molar-refractivity contribution >= 4 is 12.0 Å². The van der Waals surface area contributed by atoms with Crippen LogP contribution >= 0.6 is 0 Å². The van der Waals surface area contributed by atoms with E-state index in [2.05, 4.69) is 5.32 Å². The Morgan fingerprint density at radius 2 is 2.25 bits per heavy atom. The summed E-state index contributed by atoms with van der Waals surface area (Å²) >= 11 is 0. The van der Waals surface area contributed by atoms with Gasteiger partial charge in [0.15, 0.2) is 0 Å². The molecule has 0 radical (unpaired) electrons. The van der Waals surface area contributed by atoms with Crippen LogP contribution in [0.1, 0.15) is 33.6 Å². The zero-order valence-corrected chi connectivity index (χ0v) is 12.3. The Hall–Kier alpha value is -1.30. The highest BCUT2D eigenvalue weighted by Gasteiger charge is 2.58. The highest BCUT2D eigenvalue weighted by molar-refractivity contribution is 5.82. The van der Waals surface area contributed by atoms with E-state index in [1.165, 1.54) is 0 Å². The van der Waals surface area contributed by atoms with Gasteiger partial charge in [-0.25, -0.2) is 4.79 Å². The van der Waals surface area contributed by atoms with Crippen molar-refractivity contribution in [3.63, 3.8) is 0 Å². The molecule has 3 heterocycles. The minimum atomic E-state index is -0.505. The highest BCUT2D eigenvalue weighted by atomic mass is 16.6. The van der Waals surface area contributed by atoms with Crippen LogP contribution in [0.2, 0.25) is 0 Å². The second-order valence-electron chi connectivity index (χ2n) is 6.99. The van der Waals surface area contributed by atoms with Crippen molar-refractivity contribution in [2.24, 2.45) is 5.92 Å². The number of likely N-dealkylation sites (tertiary alicyclic amines) is 1. The molecule has 0 saturated carbocycles. The number of nitrogens with zero attached hydrogens (tertiary/aromatic N) is 1. The van der Waals surface area contributed by atoms with Crippen LogP contribution in [0.4, 0.5) is 4.79 Å². The fraction of sp³-hybridized carbons (Fsp3) is 0.857. The van der Waals surface area contributed by atoms with E-state index in [0.29, 0.717) is 26.1 Å². The third kappa shape index (κ3) is 2.26. The lowest BCUT2D eigenvalue weighted by Crippen LogP contribution is -2.60. The number of morpholine rings is 1. The standard InChI is InChI=1S/C14H22N2O4/c1-13(2,3)20-12(18)16-7-9-6-10-11(17)15-5-4-14(10,8-16)19-9/h9-10H,4-8H2,1-3H3,(H,15,17). The third-order valence-corrected chi connectivity index (χ3v) is 4.23. The van der Waals surface area contributed by atoms with Gasteiger partial charge in [-0.2, -0.15) is 0 Å². The van der Waals surface area contributed by atoms with Crippen molar-refractivity contribution < 1.29 is 19.1 Å². The summed E-state index contributed by atoms with van der Waals surface area (Å²) in [6, 6.07) is 0. The van der Waals surface area contributed by atoms with Gasteiger partial charge in [0.05, 0.1) is 30.7 Å². The maximum absolute atomic E-state index is 12.2. The fourth-order valence-corrected chi connectivity index (χ4v) is 3.48. The molecule has 20 heavy (non-hydrogen) atoms. The number of carbonyl (C=O) groups is 2. The number of nitrogens with one attached hydrogen (secondary N) is 1. The lowest BCUT2D eigenvalue weighted by atomic mass is 9.81. The van der Waals surface area contributed by atoms with Gasteiger partial charge in [0, 0.05) is 6.54 Å². The predicted octanol–water partition coefficient (Wildman–Crippen LogP) is 0.901. The summed E-state index contributed by atoms with van der Waals surface area (Å²) in [6.45, 7) is 7.15. The SMILES string of the molecule is CC(C)(C)OC(=O)N1CC2CC3C(=O)NCCC3(C1)O2. The molecular formula is C14H22N2O4. The van der Waals surface area contributed by atoms with Gasteiger partial charge < -0.3 is 19.7 Å². The first-order valence-electron chi connectivity index (χ1n) is 7.23. The van der Waals surface area contributed by atoms with E-state index in [-0.39, 0.29) is 24.0 Å². The van der Waals surface area contributed by atoms with Crippen LogP contribution in [0.3, 0.4) is 0 Å². The van der Waals surface area contributed by atoms with E-state index in [1.807, 2.05) is 20.8 Å². The summed E-state index contributed by atoms with van der Waals surface area (Å²) in [5, 5.41) is 2.89.